The largest absolute Gasteiger partial charge is 0.494 e. The van der Waals surface area contributed by atoms with Gasteiger partial charge in [0.1, 0.15) is 11.8 Å². The lowest BCUT2D eigenvalue weighted by molar-refractivity contribution is -0.141. The number of rotatable bonds is 12. The van der Waals surface area contributed by atoms with E-state index in [2.05, 4.69) is 5.32 Å². The van der Waals surface area contributed by atoms with Gasteiger partial charge in [-0.2, -0.15) is 0 Å². The zero-order chi connectivity index (χ0) is 24.2. The third kappa shape index (κ3) is 7.92. The van der Waals surface area contributed by atoms with Crippen molar-refractivity contribution in [1.29, 1.82) is 0 Å². The molecule has 0 spiro atoms. The van der Waals surface area contributed by atoms with Gasteiger partial charge in [0.05, 0.1) is 6.61 Å². The summed E-state index contributed by atoms with van der Waals surface area (Å²) in [5.74, 6) is 0.492. The van der Waals surface area contributed by atoms with Crippen LogP contribution in [-0.4, -0.2) is 35.9 Å². The van der Waals surface area contributed by atoms with Gasteiger partial charge in [0.15, 0.2) is 0 Å². The fourth-order valence-electron chi connectivity index (χ4n) is 3.71. The molecule has 1 N–H and O–H groups in total. The molecule has 0 heterocycles. The molecule has 2 amide bonds. The van der Waals surface area contributed by atoms with Crippen LogP contribution in [-0.2, 0) is 22.6 Å². The second-order valence-electron chi connectivity index (χ2n) is 8.01. The van der Waals surface area contributed by atoms with E-state index in [1.165, 1.54) is 0 Å². The highest BCUT2D eigenvalue weighted by Crippen LogP contribution is 2.18. The Morgan fingerprint density at radius 3 is 2.15 bits per heavy atom. The highest BCUT2D eigenvalue weighted by molar-refractivity contribution is 6.30. The number of hydrogen-bond donors (Lipinski definition) is 1. The molecule has 0 aromatic heterocycles. The molecule has 0 unspecified atom stereocenters. The van der Waals surface area contributed by atoms with Crippen LogP contribution in [0.5, 0.6) is 5.75 Å². The Hall–Kier alpha value is -3.31. The maximum absolute atomic E-state index is 13.4. The Kier molecular flexibility index (Phi) is 9.98. The van der Waals surface area contributed by atoms with Gasteiger partial charge in [-0.25, -0.2) is 0 Å². The molecule has 0 aliphatic rings. The molecule has 178 valence electrons. The van der Waals surface area contributed by atoms with Crippen LogP contribution in [0.15, 0.2) is 84.9 Å². The smallest absolute Gasteiger partial charge is 0.243 e. The predicted octanol–water partition coefficient (Wildman–Crippen LogP) is 5.28. The highest BCUT2D eigenvalue weighted by atomic mass is 35.5. The molecule has 0 radical (unpaired) electrons. The van der Waals surface area contributed by atoms with Gasteiger partial charge in [0.25, 0.3) is 0 Å². The second-order valence-corrected chi connectivity index (χ2v) is 8.45. The van der Waals surface area contributed by atoms with E-state index in [-0.39, 0.29) is 18.2 Å². The number of likely N-dealkylation sites (N-methyl/N-ethyl adjacent to an activating group) is 1. The average Bonchev–Trinajstić information content (AvgIpc) is 2.86. The summed E-state index contributed by atoms with van der Waals surface area (Å²) in [6.07, 6.45) is 1.28. The number of ether oxygens (including phenoxy) is 1. The van der Waals surface area contributed by atoms with E-state index in [0.29, 0.717) is 43.3 Å². The van der Waals surface area contributed by atoms with E-state index in [4.69, 9.17) is 16.3 Å². The molecule has 0 fully saturated rings. The van der Waals surface area contributed by atoms with Gasteiger partial charge < -0.3 is 15.0 Å². The van der Waals surface area contributed by atoms with Gasteiger partial charge in [-0.05, 0) is 48.7 Å². The molecular formula is C28H31ClN2O3. The molecule has 3 aromatic rings. The molecule has 0 saturated heterocycles. The minimum atomic E-state index is -0.604. The van der Waals surface area contributed by atoms with Gasteiger partial charge in [-0.1, -0.05) is 72.3 Å². The number of halogens is 1. The van der Waals surface area contributed by atoms with E-state index in [1.54, 1.807) is 29.2 Å². The third-order valence-electron chi connectivity index (χ3n) is 5.44. The summed E-state index contributed by atoms with van der Waals surface area (Å²) < 4.78 is 5.74. The van der Waals surface area contributed by atoms with E-state index < -0.39 is 6.04 Å². The summed E-state index contributed by atoms with van der Waals surface area (Å²) in [7, 11) is 0. The van der Waals surface area contributed by atoms with Crippen LogP contribution >= 0.6 is 11.6 Å². The van der Waals surface area contributed by atoms with E-state index in [9.17, 15) is 9.59 Å². The molecule has 0 saturated carbocycles. The summed E-state index contributed by atoms with van der Waals surface area (Å²) >= 11 is 5.91. The number of nitrogens with zero attached hydrogens (tertiary/aromatic N) is 1. The Balaban J connectivity index is 1.73. The van der Waals surface area contributed by atoms with Crippen molar-refractivity contribution in [2.75, 3.05) is 13.2 Å². The number of amides is 2. The summed E-state index contributed by atoms with van der Waals surface area (Å²) in [4.78, 5) is 28.2. The van der Waals surface area contributed by atoms with Crippen molar-refractivity contribution < 1.29 is 14.3 Å². The Labute approximate surface area is 206 Å². The number of benzene rings is 3. The first kappa shape index (κ1) is 25.3. The minimum Gasteiger partial charge on any atom is -0.494 e. The SMILES string of the molecule is CCNC(=O)[C@H](Cc1ccccc1)N(Cc1ccccc1)C(=O)CCCOc1ccc(Cl)cc1. The lowest BCUT2D eigenvalue weighted by atomic mass is 10.0. The van der Waals surface area contributed by atoms with Crippen molar-refractivity contribution in [3.8, 4) is 5.75 Å². The molecule has 0 aliphatic heterocycles. The summed E-state index contributed by atoms with van der Waals surface area (Å²) in [6, 6.07) is 26.1. The first-order valence-corrected chi connectivity index (χ1v) is 12.0. The Bertz CT molecular complexity index is 1030. The highest BCUT2D eigenvalue weighted by Gasteiger charge is 2.29. The average molecular weight is 479 g/mol. The monoisotopic (exact) mass is 478 g/mol. The van der Waals surface area contributed by atoms with E-state index in [1.807, 2.05) is 67.6 Å². The lowest BCUT2D eigenvalue weighted by Crippen LogP contribution is -2.50. The molecule has 6 heteroatoms. The van der Waals surface area contributed by atoms with E-state index in [0.717, 1.165) is 11.1 Å². The van der Waals surface area contributed by atoms with Crippen molar-refractivity contribution in [1.82, 2.24) is 10.2 Å². The van der Waals surface area contributed by atoms with Crippen molar-refractivity contribution in [2.24, 2.45) is 0 Å². The molecule has 3 aromatic carbocycles. The van der Waals surface area contributed by atoms with Crippen LogP contribution < -0.4 is 10.1 Å². The molecule has 1 atom stereocenters. The maximum Gasteiger partial charge on any atom is 0.243 e. The van der Waals surface area contributed by atoms with Gasteiger partial charge in [0.2, 0.25) is 11.8 Å². The Morgan fingerprint density at radius 1 is 0.912 bits per heavy atom. The zero-order valence-corrected chi connectivity index (χ0v) is 20.2. The third-order valence-corrected chi connectivity index (χ3v) is 5.69. The van der Waals surface area contributed by atoms with Crippen LogP contribution in [0.3, 0.4) is 0 Å². The van der Waals surface area contributed by atoms with Crippen LogP contribution in [0.25, 0.3) is 0 Å². The van der Waals surface area contributed by atoms with Crippen molar-refractivity contribution in [2.45, 2.75) is 38.8 Å². The summed E-state index contributed by atoms with van der Waals surface area (Å²) in [5.41, 5.74) is 1.99. The van der Waals surface area contributed by atoms with Gasteiger partial charge in [-0.15, -0.1) is 0 Å². The van der Waals surface area contributed by atoms with Crippen LogP contribution in [0.1, 0.15) is 30.9 Å². The molecular weight excluding hydrogens is 448 g/mol. The van der Waals surface area contributed by atoms with Crippen molar-refractivity contribution in [3.05, 3.63) is 101 Å². The first-order valence-electron chi connectivity index (χ1n) is 11.6. The minimum absolute atomic E-state index is 0.0734. The normalized spacial score (nSPS) is 11.5. The Morgan fingerprint density at radius 2 is 1.53 bits per heavy atom. The van der Waals surface area contributed by atoms with Crippen LogP contribution in [0.2, 0.25) is 5.02 Å². The summed E-state index contributed by atoms with van der Waals surface area (Å²) in [6.45, 7) is 3.16. The lowest BCUT2D eigenvalue weighted by Gasteiger charge is -2.31. The topological polar surface area (TPSA) is 58.6 Å². The van der Waals surface area contributed by atoms with Crippen molar-refractivity contribution in [3.63, 3.8) is 0 Å². The second kappa shape index (κ2) is 13.4. The first-order chi connectivity index (χ1) is 16.6. The standard InChI is InChI=1S/C28H31ClN2O3/c1-2-30-28(33)26(20-22-10-5-3-6-11-22)31(21-23-12-7-4-8-13-23)27(32)14-9-19-34-25-17-15-24(29)16-18-25/h3-8,10-13,15-18,26H,2,9,14,19-21H2,1H3,(H,30,33)/t26-/m0/s1. The fourth-order valence-corrected chi connectivity index (χ4v) is 3.84. The molecule has 3 rings (SSSR count). The number of nitrogens with one attached hydrogen (secondary N) is 1. The molecule has 34 heavy (non-hydrogen) atoms. The van der Waals surface area contributed by atoms with Crippen molar-refractivity contribution >= 4 is 23.4 Å². The fraction of sp³-hybridized carbons (Fsp3) is 0.286. The molecule has 0 bridgehead atoms. The number of carbonyl (C=O) groups excluding carboxylic acids is 2. The van der Waals surface area contributed by atoms with Gasteiger partial charge in [0, 0.05) is 31.0 Å². The van der Waals surface area contributed by atoms with E-state index >= 15 is 0 Å². The summed E-state index contributed by atoms with van der Waals surface area (Å²) in [5, 5.41) is 3.56. The van der Waals surface area contributed by atoms with Gasteiger partial charge >= 0.3 is 0 Å². The zero-order valence-electron chi connectivity index (χ0n) is 19.5. The van der Waals surface area contributed by atoms with Crippen LogP contribution in [0.4, 0.5) is 0 Å². The van der Waals surface area contributed by atoms with Gasteiger partial charge in [-0.3, -0.25) is 9.59 Å². The van der Waals surface area contributed by atoms with Crippen LogP contribution in [0, 0.1) is 0 Å². The maximum atomic E-state index is 13.4. The predicted molar refractivity (Wildman–Crippen MR) is 136 cm³/mol. The quantitative estimate of drug-likeness (QED) is 0.360. The number of carbonyl (C=O) groups is 2. The number of hydrogen-bond acceptors (Lipinski definition) is 3. The molecule has 5 nitrogen and oxygen atoms in total. The molecule has 0 aliphatic carbocycles.